The number of thiazole rings is 1. The predicted molar refractivity (Wildman–Crippen MR) is 92.0 cm³/mol. The van der Waals surface area contributed by atoms with Crippen LogP contribution in [0.2, 0.25) is 0 Å². The van der Waals surface area contributed by atoms with E-state index in [0.29, 0.717) is 5.92 Å². The first-order valence-corrected chi connectivity index (χ1v) is 8.61. The number of carbonyl (C=O) groups is 1. The maximum absolute atomic E-state index is 11.6. The summed E-state index contributed by atoms with van der Waals surface area (Å²) in [5.41, 5.74) is 6.50. The van der Waals surface area contributed by atoms with Gasteiger partial charge in [0.15, 0.2) is 5.13 Å². The van der Waals surface area contributed by atoms with Crippen molar-refractivity contribution in [1.82, 2.24) is 14.9 Å². The molecule has 0 saturated carbocycles. The van der Waals surface area contributed by atoms with Crippen LogP contribution in [-0.4, -0.2) is 40.4 Å². The number of nitrogens with one attached hydrogen (secondary N) is 1. The van der Waals surface area contributed by atoms with Crippen LogP contribution in [0.5, 0.6) is 0 Å². The number of likely N-dealkylation sites (tertiary alicyclic amines) is 1. The minimum atomic E-state index is 0.0333. The van der Waals surface area contributed by atoms with E-state index in [4.69, 9.17) is 10.7 Å². The molecule has 1 saturated heterocycles. The molecule has 122 valence electrons. The standard InChI is InChI=1S/C16H21N5OS/c1-11-10-18-16(23-11)20-14-4-2-3-13(19-14)12-5-7-21(8-6-12)15(22)9-17/h2-4,10,12H,5-9,17H2,1H3,(H,18,19,20). The molecule has 1 amide bonds. The lowest BCUT2D eigenvalue weighted by molar-refractivity contribution is -0.130. The fourth-order valence-corrected chi connectivity index (χ4v) is 3.50. The van der Waals surface area contributed by atoms with Gasteiger partial charge < -0.3 is 16.0 Å². The Labute approximate surface area is 139 Å². The maximum Gasteiger partial charge on any atom is 0.236 e. The van der Waals surface area contributed by atoms with Crippen molar-refractivity contribution in [2.24, 2.45) is 5.73 Å². The number of nitrogens with two attached hydrogens (primary N) is 1. The first kappa shape index (κ1) is 15.9. The summed E-state index contributed by atoms with van der Waals surface area (Å²) in [5.74, 6) is 1.24. The smallest absolute Gasteiger partial charge is 0.236 e. The van der Waals surface area contributed by atoms with Gasteiger partial charge in [-0.2, -0.15) is 0 Å². The van der Waals surface area contributed by atoms with E-state index >= 15 is 0 Å². The number of aromatic nitrogens is 2. The van der Waals surface area contributed by atoms with E-state index in [1.165, 1.54) is 4.88 Å². The quantitative estimate of drug-likeness (QED) is 0.898. The molecule has 7 heteroatoms. The zero-order chi connectivity index (χ0) is 16.2. The third kappa shape index (κ3) is 3.86. The van der Waals surface area contributed by atoms with Crippen molar-refractivity contribution in [2.45, 2.75) is 25.7 Å². The molecule has 3 heterocycles. The van der Waals surface area contributed by atoms with Crippen LogP contribution < -0.4 is 11.1 Å². The van der Waals surface area contributed by atoms with Crippen LogP contribution in [0.25, 0.3) is 0 Å². The number of pyridine rings is 1. The van der Waals surface area contributed by atoms with Crippen LogP contribution in [0.3, 0.4) is 0 Å². The Bertz CT molecular complexity index is 679. The van der Waals surface area contributed by atoms with Gasteiger partial charge in [0.05, 0.1) is 6.54 Å². The van der Waals surface area contributed by atoms with Crippen molar-refractivity contribution >= 4 is 28.2 Å². The lowest BCUT2D eigenvalue weighted by Crippen LogP contribution is -2.41. The number of piperidine rings is 1. The minimum Gasteiger partial charge on any atom is -0.342 e. The molecule has 0 aromatic carbocycles. The van der Waals surface area contributed by atoms with Crippen LogP contribution in [0.1, 0.15) is 29.3 Å². The fourth-order valence-electron chi connectivity index (χ4n) is 2.82. The minimum absolute atomic E-state index is 0.0333. The van der Waals surface area contributed by atoms with E-state index in [9.17, 15) is 4.79 Å². The Balaban J connectivity index is 1.65. The molecule has 0 aliphatic carbocycles. The monoisotopic (exact) mass is 331 g/mol. The first-order chi connectivity index (χ1) is 11.2. The zero-order valence-electron chi connectivity index (χ0n) is 13.2. The van der Waals surface area contributed by atoms with Gasteiger partial charge in [0.1, 0.15) is 5.82 Å². The molecule has 1 aliphatic rings. The lowest BCUT2D eigenvalue weighted by Gasteiger charge is -2.31. The average molecular weight is 331 g/mol. The highest BCUT2D eigenvalue weighted by Gasteiger charge is 2.24. The largest absolute Gasteiger partial charge is 0.342 e. The molecule has 6 nitrogen and oxygen atoms in total. The van der Waals surface area contributed by atoms with Crippen molar-refractivity contribution in [3.05, 3.63) is 35.0 Å². The third-order valence-corrected chi connectivity index (χ3v) is 4.90. The number of nitrogens with zero attached hydrogens (tertiary/aromatic N) is 3. The summed E-state index contributed by atoms with van der Waals surface area (Å²) >= 11 is 1.61. The Hall–Kier alpha value is -1.99. The lowest BCUT2D eigenvalue weighted by atomic mass is 9.93. The normalized spacial score (nSPS) is 15.7. The summed E-state index contributed by atoms with van der Waals surface area (Å²) in [5, 5.41) is 4.11. The second kappa shape index (κ2) is 7.06. The summed E-state index contributed by atoms with van der Waals surface area (Å²) < 4.78 is 0. The van der Waals surface area contributed by atoms with Crippen LogP contribution in [0.15, 0.2) is 24.4 Å². The van der Waals surface area contributed by atoms with E-state index in [0.717, 1.165) is 42.6 Å². The predicted octanol–water partition coefficient (Wildman–Crippen LogP) is 2.25. The number of rotatable bonds is 4. The summed E-state index contributed by atoms with van der Waals surface area (Å²) in [6, 6.07) is 6.03. The molecule has 3 rings (SSSR count). The van der Waals surface area contributed by atoms with Gasteiger partial charge in [-0.25, -0.2) is 9.97 Å². The van der Waals surface area contributed by atoms with Crippen molar-refractivity contribution in [1.29, 1.82) is 0 Å². The van der Waals surface area contributed by atoms with E-state index < -0.39 is 0 Å². The van der Waals surface area contributed by atoms with Crippen molar-refractivity contribution < 1.29 is 4.79 Å². The summed E-state index contributed by atoms with van der Waals surface area (Å²) in [6.07, 6.45) is 3.71. The Morgan fingerprint density at radius 3 is 2.87 bits per heavy atom. The van der Waals surface area contributed by atoms with Crippen LogP contribution >= 0.6 is 11.3 Å². The molecule has 23 heavy (non-hydrogen) atoms. The molecular formula is C16H21N5OS. The highest BCUT2D eigenvalue weighted by atomic mass is 32.1. The van der Waals surface area contributed by atoms with E-state index in [-0.39, 0.29) is 12.5 Å². The molecule has 1 fully saturated rings. The molecule has 2 aromatic heterocycles. The summed E-state index contributed by atoms with van der Waals surface area (Å²) in [6.45, 7) is 3.64. The van der Waals surface area contributed by atoms with E-state index in [1.54, 1.807) is 11.3 Å². The van der Waals surface area contributed by atoms with Gasteiger partial charge in [-0.05, 0) is 31.9 Å². The van der Waals surface area contributed by atoms with Crippen LogP contribution in [-0.2, 0) is 4.79 Å². The molecule has 0 radical (unpaired) electrons. The highest BCUT2D eigenvalue weighted by Crippen LogP contribution is 2.28. The zero-order valence-corrected chi connectivity index (χ0v) is 14.0. The first-order valence-electron chi connectivity index (χ1n) is 7.80. The topological polar surface area (TPSA) is 84.1 Å². The van der Waals surface area contributed by atoms with Gasteiger partial charge in [0.2, 0.25) is 5.91 Å². The fraction of sp³-hybridized carbons (Fsp3) is 0.438. The van der Waals surface area contributed by atoms with Gasteiger partial charge in [0.25, 0.3) is 0 Å². The van der Waals surface area contributed by atoms with Crippen molar-refractivity contribution in [3.63, 3.8) is 0 Å². The molecule has 1 aliphatic heterocycles. The molecule has 0 unspecified atom stereocenters. The Morgan fingerprint density at radius 1 is 1.43 bits per heavy atom. The molecular weight excluding hydrogens is 310 g/mol. The van der Waals surface area contributed by atoms with Gasteiger partial charge in [-0.1, -0.05) is 6.07 Å². The van der Waals surface area contributed by atoms with Gasteiger partial charge >= 0.3 is 0 Å². The van der Waals surface area contributed by atoms with Crippen LogP contribution in [0, 0.1) is 6.92 Å². The summed E-state index contributed by atoms with van der Waals surface area (Å²) in [4.78, 5) is 23.7. The number of hydrogen-bond acceptors (Lipinski definition) is 6. The number of hydrogen-bond donors (Lipinski definition) is 2. The van der Waals surface area contributed by atoms with Gasteiger partial charge in [0, 0.05) is 35.8 Å². The van der Waals surface area contributed by atoms with E-state index in [2.05, 4.69) is 16.4 Å². The maximum atomic E-state index is 11.6. The van der Waals surface area contributed by atoms with Crippen LogP contribution in [0.4, 0.5) is 10.9 Å². The third-order valence-electron chi connectivity index (χ3n) is 4.07. The van der Waals surface area contributed by atoms with Gasteiger partial charge in [-0.3, -0.25) is 4.79 Å². The molecule has 3 N–H and O–H groups in total. The number of amides is 1. The van der Waals surface area contributed by atoms with Crippen molar-refractivity contribution in [3.8, 4) is 0 Å². The van der Waals surface area contributed by atoms with E-state index in [1.807, 2.05) is 30.2 Å². The highest BCUT2D eigenvalue weighted by molar-refractivity contribution is 7.15. The summed E-state index contributed by atoms with van der Waals surface area (Å²) in [7, 11) is 0. The second-order valence-corrected chi connectivity index (χ2v) is 6.94. The molecule has 0 bridgehead atoms. The Kier molecular flexibility index (Phi) is 4.88. The van der Waals surface area contributed by atoms with Gasteiger partial charge in [-0.15, -0.1) is 11.3 Å². The average Bonchev–Trinajstić information content (AvgIpc) is 2.99. The van der Waals surface area contributed by atoms with Crippen molar-refractivity contribution in [2.75, 3.05) is 25.0 Å². The number of anilines is 2. The SMILES string of the molecule is Cc1cnc(Nc2cccc(C3CCN(C(=O)CN)CC3)n2)s1. The molecule has 0 spiro atoms. The Morgan fingerprint density at radius 2 is 2.22 bits per heavy atom. The molecule has 0 atom stereocenters. The molecule has 2 aromatic rings. The second-order valence-electron chi connectivity index (χ2n) is 5.71. The number of carbonyl (C=O) groups excluding carboxylic acids is 1. The number of aryl methyl sites for hydroxylation is 1.